The molecule has 1 saturated heterocycles. The van der Waals surface area contributed by atoms with Gasteiger partial charge in [0.25, 0.3) is 0 Å². The second kappa shape index (κ2) is 4.86. The third-order valence-corrected chi connectivity index (χ3v) is 3.93. The summed E-state index contributed by atoms with van der Waals surface area (Å²) in [5.74, 6) is 1.51. The Hall–Kier alpha value is -1.13. The van der Waals surface area contributed by atoms with Crippen LogP contribution < -0.4 is 0 Å². The van der Waals surface area contributed by atoms with Crippen molar-refractivity contribution in [3.05, 3.63) is 29.2 Å². The van der Waals surface area contributed by atoms with E-state index in [4.69, 9.17) is 11.6 Å². The molecule has 0 bridgehead atoms. The maximum absolute atomic E-state index is 6.06. The molecule has 3 heterocycles. The first-order chi connectivity index (χ1) is 8.78. The predicted molar refractivity (Wildman–Crippen MR) is 72.1 cm³/mol. The van der Waals surface area contributed by atoms with E-state index >= 15 is 0 Å². The molecular formula is C13H17ClN4. The molecule has 2 aromatic heterocycles. The van der Waals surface area contributed by atoms with E-state index in [0.29, 0.717) is 5.92 Å². The van der Waals surface area contributed by atoms with E-state index < -0.39 is 0 Å². The van der Waals surface area contributed by atoms with E-state index in [1.54, 1.807) is 0 Å². The molecule has 1 aliphatic rings. The number of hydrogen-bond acceptors (Lipinski definition) is 3. The van der Waals surface area contributed by atoms with Crippen LogP contribution in [0.2, 0.25) is 5.02 Å². The lowest BCUT2D eigenvalue weighted by molar-refractivity contribution is 0.213. The fourth-order valence-corrected chi connectivity index (χ4v) is 2.88. The number of pyridine rings is 1. The molecule has 1 unspecified atom stereocenters. The van der Waals surface area contributed by atoms with Gasteiger partial charge in [0.1, 0.15) is 5.82 Å². The van der Waals surface area contributed by atoms with E-state index in [1.807, 2.05) is 22.7 Å². The van der Waals surface area contributed by atoms with Gasteiger partial charge in [0.2, 0.25) is 0 Å². The molecule has 5 heteroatoms. The van der Waals surface area contributed by atoms with Crippen molar-refractivity contribution in [2.45, 2.75) is 25.7 Å². The molecular weight excluding hydrogens is 248 g/mol. The van der Waals surface area contributed by atoms with Gasteiger partial charge in [-0.25, -0.2) is 0 Å². The molecule has 96 valence electrons. The van der Waals surface area contributed by atoms with Gasteiger partial charge in [0, 0.05) is 18.7 Å². The fraction of sp³-hybridized carbons (Fsp3) is 0.538. The van der Waals surface area contributed by atoms with Gasteiger partial charge in [-0.2, -0.15) is 0 Å². The fourth-order valence-electron chi connectivity index (χ4n) is 2.71. The summed E-state index contributed by atoms with van der Waals surface area (Å²) >= 11 is 6.06. The Morgan fingerprint density at radius 3 is 3.11 bits per heavy atom. The number of fused-ring (bicyclic) bond motifs is 1. The molecule has 0 radical (unpaired) electrons. The molecule has 0 amide bonds. The second-order valence-electron chi connectivity index (χ2n) is 4.87. The number of hydrogen-bond donors (Lipinski definition) is 0. The molecule has 3 rings (SSSR count). The van der Waals surface area contributed by atoms with Gasteiger partial charge in [-0.05, 0) is 38.1 Å². The lowest BCUT2D eigenvalue weighted by atomic mass is 9.97. The van der Waals surface area contributed by atoms with Crippen molar-refractivity contribution >= 4 is 17.2 Å². The molecule has 0 aromatic carbocycles. The van der Waals surface area contributed by atoms with Crippen molar-refractivity contribution in [3.63, 3.8) is 0 Å². The molecule has 18 heavy (non-hydrogen) atoms. The second-order valence-corrected chi connectivity index (χ2v) is 5.30. The number of likely N-dealkylation sites (N-methyl/N-ethyl adjacent to an activating group) is 1. The molecule has 0 N–H and O–H groups in total. The third kappa shape index (κ3) is 2.10. The quantitative estimate of drug-likeness (QED) is 0.836. The van der Waals surface area contributed by atoms with Gasteiger partial charge in [0.15, 0.2) is 5.65 Å². The largest absolute Gasteiger partial charge is 0.303 e. The van der Waals surface area contributed by atoms with E-state index in [9.17, 15) is 0 Å². The van der Waals surface area contributed by atoms with Crippen LogP contribution in [0.25, 0.3) is 5.65 Å². The van der Waals surface area contributed by atoms with Crippen molar-refractivity contribution in [2.75, 3.05) is 19.6 Å². The van der Waals surface area contributed by atoms with Crippen LogP contribution in [-0.4, -0.2) is 39.1 Å². The van der Waals surface area contributed by atoms with Crippen LogP contribution in [0.4, 0.5) is 0 Å². The number of likely N-dealkylation sites (tertiary alicyclic amines) is 1. The third-order valence-electron chi connectivity index (χ3n) is 3.71. The summed E-state index contributed by atoms with van der Waals surface area (Å²) < 4.78 is 2.03. The first kappa shape index (κ1) is 11.9. The summed E-state index contributed by atoms with van der Waals surface area (Å²) in [6.45, 7) is 5.59. The molecule has 1 aliphatic heterocycles. The van der Waals surface area contributed by atoms with Crippen LogP contribution in [0.5, 0.6) is 0 Å². The average Bonchev–Trinajstić information content (AvgIpc) is 2.81. The summed E-state index contributed by atoms with van der Waals surface area (Å²) in [6.07, 6.45) is 4.33. The van der Waals surface area contributed by atoms with Crippen LogP contribution >= 0.6 is 11.6 Å². The normalized spacial score (nSPS) is 21.6. The zero-order valence-electron chi connectivity index (χ0n) is 10.5. The van der Waals surface area contributed by atoms with Crippen molar-refractivity contribution in [1.82, 2.24) is 19.5 Å². The SMILES string of the molecule is CCN1CCCC(c2nnc3ccc(Cl)cn23)C1. The Balaban J connectivity index is 1.96. The van der Waals surface area contributed by atoms with Gasteiger partial charge in [0.05, 0.1) is 5.02 Å². The first-order valence-electron chi connectivity index (χ1n) is 6.50. The Morgan fingerprint density at radius 1 is 1.39 bits per heavy atom. The first-order valence-corrected chi connectivity index (χ1v) is 6.88. The highest BCUT2D eigenvalue weighted by atomic mass is 35.5. The van der Waals surface area contributed by atoms with Crippen LogP contribution in [0, 0.1) is 0 Å². The van der Waals surface area contributed by atoms with Gasteiger partial charge in [-0.3, -0.25) is 4.40 Å². The molecule has 0 saturated carbocycles. The Bertz CT molecular complexity index is 551. The van der Waals surface area contributed by atoms with E-state index in [1.165, 1.54) is 19.4 Å². The molecule has 0 aliphatic carbocycles. The summed E-state index contributed by atoms with van der Waals surface area (Å²) in [5, 5.41) is 9.31. The lowest BCUT2D eigenvalue weighted by Gasteiger charge is -2.30. The minimum Gasteiger partial charge on any atom is -0.303 e. The Morgan fingerprint density at radius 2 is 2.28 bits per heavy atom. The van der Waals surface area contributed by atoms with Gasteiger partial charge >= 0.3 is 0 Å². The van der Waals surface area contributed by atoms with Crippen molar-refractivity contribution in [2.24, 2.45) is 0 Å². The Kier molecular flexibility index (Phi) is 3.22. The predicted octanol–water partition coefficient (Wildman–Crippen LogP) is 2.58. The molecule has 1 fully saturated rings. The minimum atomic E-state index is 0.465. The lowest BCUT2D eigenvalue weighted by Crippen LogP contribution is -2.34. The van der Waals surface area contributed by atoms with Crippen LogP contribution in [0.3, 0.4) is 0 Å². The highest BCUT2D eigenvalue weighted by molar-refractivity contribution is 6.30. The number of nitrogens with zero attached hydrogens (tertiary/aromatic N) is 4. The topological polar surface area (TPSA) is 33.4 Å². The van der Waals surface area contributed by atoms with Crippen LogP contribution in [0.15, 0.2) is 18.3 Å². The van der Waals surface area contributed by atoms with Crippen LogP contribution in [0.1, 0.15) is 31.5 Å². The molecule has 1 atom stereocenters. The van der Waals surface area contributed by atoms with Crippen molar-refractivity contribution in [1.29, 1.82) is 0 Å². The monoisotopic (exact) mass is 264 g/mol. The van der Waals surface area contributed by atoms with Gasteiger partial charge in [-0.15, -0.1) is 10.2 Å². The maximum Gasteiger partial charge on any atom is 0.160 e. The molecule has 0 spiro atoms. The highest BCUT2D eigenvalue weighted by Gasteiger charge is 2.24. The van der Waals surface area contributed by atoms with E-state index in [-0.39, 0.29) is 0 Å². The number of aromatic nitrogens is 3. The molecule has 2 aromatic rings. The average molecular weight is 265 g/mol. The van der Waals surface area contributed by atoms with Crippen molar-refractivity contribution in [3.8, 4) is 0 Å². The summed E-state index contributed by atoms with van der Waals surface area (Å²) in [4.78, 5) is 2.47. The minimum absolute atomic E-state index is 0.465. The van der Waals surface area contributed by atoms with Crippen molar-refractivity contribution < 1.29 is 0 Å². The highest BCUT2D eigenvalue weighted by Crippen LogP contribution is 2.26. The zero-order valence-corrected chi connectivity index (χ0v) is 11.3. The zero-order chi connectivity index (χ0) is 12.5. The van der Waals surface area contributed by atoms with Gasteiger partial charge < -0.3 is 4.90 Å². The summed E-state index contributed by atoms with van der Waals surface area (Å²) in [6, 6.07) is 3.77. The number of rotatable bonds is 2. The Labute approximate surface area is 112 Å². The molecule has 4 nitrogen and oxygen atoms in total. The van der Waals surface area contributed by atoms with Gasteiger partial charge in [-0.1, -0.05) is 18.5 Å². The van der Waals surface area contributed by atoms with E-state index in [0.717, 1.165) is 29.6 Å². The summed E-state index contributed by atoms with van der Waals surface area (Å²) in [5.41, 5.74) is 0.878. The van der Waals surface area contributed by atoms with E-state index in [2.05, 4.69) is 22.0 Å². The van der Waals surface area contributed by atoms with Crippen LogP contribution in [-0.2, 0) is 0 Å². The summed E-state index contributed by atoms with van der Waals surface area (Å²) in [7, 11) is 0. The number of halogens is 1. The maximum atomic E-state index is 6.06. The number of piperidine rings is 1. The standard InChI is InChI=1S/C13H17ClN4/c1-2-17-7-3-4-10(8-17)13-16-15-12-6-5-11(14)9-18(12)13/h5-6,9-10H,2-4,7-8H2,1H3. The smallest absolute Gasteiger partial charge is 0.160 e.